The van der Waals surface area contributed by atoms with Gasteiger partial charge in [-0.05, 0) is 45.6 Å². The van der Waals surface area contributed by atoms with E-state index >= 15 is 0 Å². The maximum atomic E-state index is 6.73. The van der Waals surface area contributed by atoms with Gasteiger partial charge in [-0.1, -0.05) is 78.3 Å². The molecule has 0 radical (unpaired) electrons. The van der Waals surface area contributed by atoms with Crippen LogP contribution in [0, 0.1) is 5.41 Å². The Balaban J connectivity index is 0.00000176. The molecule has 4 nitrogen and oxygen atoms in total. The second kappa shape index (κ2) is 11.0. The molecule has 2 fully saturated rings. The van der Waals surface area contributed by atoms with Gasteiger partial charge in [0, 0.05) is 23.8 Å². The molecule has 2 heterocycles. The van der Waals surface area contributed by atoms with E-state index in [1.807, 2.05) is 13.8 Å². The fourth-order valence-electron chi connectivity index (χ4n) is 5.64. The SMILES string of the molecule is CC.CCCC1(C)COC2(CC(C)(C)N(OC(C)c3ccccc3)C(CC)(CC)C2)OC1. The molecule has 184 valence electrons. The number of hydroxylamine groups is 2. The van der Waals surface area contributed by atoms with Crippen LogP contribution in [0.3, 0.4) is 0 Å². The Morgan fingerprint density at radius 2 is 1.50 bits per heavy atom. The van der Waals surface area contributed by atoms with Crippen LogP contribution in [0.2, 0.25) is 0 Å². The quantitative estimate of drug-likeness (QED) is 0.429. The third kappa shape index (κ3) is 5.75. The van der Waals surface area contributed by atoms with Gasteiger partial charge in [0.15, 0.2) is 5.79 Å². The van der Waals surface area contributed by atoms with Crippen molar-refractivity contribution in [3.05, 3.63) is 35.9 Å². The number of hydrogen-bond acceptors (Lipinski definition) is 4. The predicted octanol–water partition coefficient (Wildman–Crippen LogP) is 7.69. The Morgan fingerprint density at radius 3 is 2.00 bits per heavy atom. The van der Waals surface area contributed by atoms with E-state index in [1.54, 1.807) is 0 Å². The van der Waals surface area contributed by atoms with Crippen molar-refractivity contribution in [1.29, 1.82) is 0 Å². The summed E-state index contributed by atoms with van der Waals surface area (Å²) in [5.74, 6) is -0.515. The van der Waals surface area contributed by atoms with Gasteiger partial charge in [0.25, 0.3) is 0 Å². The van der Waals surface area contributed by atoms with Crippen molar-refractivity contribution in [3.8, 4) is 0 Å². The summed E-state index contributed by atoms with van der Waals surface area (Å²) in [6.07, 6.45) is 5.95. The van der Waals surface area contributed by atoms with Crippen molar-refractivity contribution in [3.63, 3.8) is 0 Å². The Labute approximate surface area is 198 Å². The first-order valence-corrected chi connectivity index (χ1v) is 12.9. The molecule has 1 aromatic rings. The molecule has 0 amide bonds. The second-order valence-corrected chi connectivity index (χ2v) is 10.6. The van der Waals surface area contributed by atoms with Crippen LogP contribution in [0.25, 0.3) is 0 Å². The molecule has 2 saturated heterocycles. The van der Waals surface area contributed by atoms with Gasteiger partial charge in [0.05, 0.1) is 18.8 Å². The van der Waals surface area contributed by atoms with E-state index in [0.29, 0.717) is 0 Å². The number of benzene rings is 1. The molecule has 0 aliphatic carbocycles. The fraction of sp³-hybridized carbons (Fsp3) is 0.786. The summed E-state index contributed by atoms with van der Waals surface area (Å²) in [6, 6.07) is 10.5. The highest BCUT2D eigenvalue weighted by atomic mass is 16.7. The average Bonchev–Trinajstić information content (AvgIpc) is 2.80. The molecule has 1 aromatic carbocycles. The standard InChI is InChI=1S/C26H43NO3.C2H6/c1-8-16-24(7)19-28-26(29-20-24)17-23(5,6)27(25(9-2,10-3)18-26)30-21(4)22-14-12-11-13-15-22;1-2/h11-15,21H,8-10,16-20H2,1-7H3;1-2H3. The fourth-order valence-corrected chi connectivity index (χ4v) is 5.64. The van der Waals surface area contributed by atoms with Crippen molar-refractivity contribution in [1.82, 2.24) is 5.06 Å². The van der Waals surface area contributed by atoms with E-state index in [2.05, 4.69) is 83.9 Å². The Hall–Kier alpha value is -0.940. The summed E-state index contributed by atoms with van der Waals surface area (Å²) in [7, 11) is 0. The number of piperidine rings is 1. The molecule has 0 N–H and O–H groups in total. The van der Waals surface area contributed by atoms with E-state index < -0.39 is 5.79 Å². The highest BCUT2D eigenvalue weighted by molar-refractivity contribution is 5.17. The maximum Gasteiger partial charge on any atom is 0.172 e. The molecule has 4 heteroatoms. The van der Waals surface area contributed by atoms with Crippen molar-refractivity contribution in [2.75, 3.05) is 13.2 Å². The molecular weight excluding hydrogens is 398 g/mol. The van der Waals surface area contributed by atoms with Crippen molar-refractivity contribution >= 4 is 0 Å². The molecule has 2 aliphatic heterocycles. The molecule has 1 atom stereocenters. The minimum absolute atomic E-state index is 0.00182. The number of ether oxygens (including phenoxy) is 2. The van der Waals surface area contributed by atoms with Gasteiger partial charge in [-0.2, -0.15) is 5.06 Å². The van der Waals surface area contributed by atoms with Crippen LogP contribution in [0.15, 0.2) is 30.3 Å². The largest absolute Gasteiger partial charge is 0.349 e. The zero-order chi connectivity index (χ0) is 24.0. The van der Waals surface area contributed by atoms with Gasteiger partial charge in [-0.3, -0.25) is 4.84 Å². The van der Waals surface area contributed by atoms with E-state index in [4.69, 9.17) is 14.3 Å². The third-order valence-electron chi connectivity index (χ3n) is 7.35. The minimum atomic E-state index is -0.515. The van der Waals surface area contributed by atoms with E-state index in [-0.39, 0.29) is 22.6 Å². The molecule has 2 aliphatic rings. The lowest BCUT2D eigenvalue weighted by Gasteiger charge is -2.61. The number of nitrogens with zero attached hydrogens (tertiary/aromatic N) is 1. The van der Waals surface area contributed by atoms with Gasteiger partial charge >= 0.3 is 0 Å². The number of rotatable bonds is 7. The Morgan fingerprint density at radius 1 is 0.938 bits per heavy atom. The summed E-state index contributed by atoms with van der Waals surface area (Å²) in [6.45, 7) is 21.3. The number of hydrogen-bond donors (Lipinski definition) is 0. The first-order valence-electron chi connectivity index (χ1n) is 12.9. The van der Waals surface area contributed by atoms with Crippen LogP contribution in [0.5, 0.6) is 0 Å². The summed E-state index contributed by atoms with van der Waals surface area (Å²) in [5, 5.41) is 2.30. The lowest BCUT2D eigenvalue weighted by molar-refractivity contribution is -0.394. The van der Waals surface area contributed by atoms with Gasteiger partial charge in [-0.25, -0.2) is 0 Å². The van der Waals surface area contributed by atoms with Crippen LogP contribution >= 0.6 is 0 Å². The predicted molar refractivity (Wildman–Crippen MR) is 133 cm³/mol. The van der Waals surface area contributed by atoms with Crippen molar-refractivity contribution in [2.24, 2.45) is 5.41 Å². The topological polar surface area (TPSA) is 30.9 Å². The van der Waals surface area contributed by atoms with Gasteiger partial charge in [0.2, 0.25) is 0 Å². The molecule has 0 bridgehead atoms. The van der Waals surface area contributed by atoms with Crippen molar-refractivity contribution < 1.29 is 14.3 Å². The zero-order valence-corrected chi connectivity index (χ0v) is 22.3. The lowest BCUT2D eigenvalue weighted by Crippen LogP contribution is -2.69. The van der Waals surface area contributed by atoms with Crippen molar-refractivity contribution in [2.45, 2.75) is 124 Å². The van der Waals surface area contributed by atoms with Crippen LogP contribution in [0.1, 0.15) is 113 Å². The highest BCUT2D eigenvalue weighted by Gasteiger charge is 2.59. The molecule has 0 aromatic heterocycles. The summed E-state index contributed by atoms with van der Waals surface area (Å²) in [4.78, 5) is 6.73. The molecule has 3 rings (SSSR count). The van der Waals surface area contributed by atoms with Crippen LogP contribution < -0.4 is 0 Å². The third-order valence-corrected chi connectivity index (χ3v) is 7.35. The molecular formula is C28H49NO3. The van der Waals surface area contributed by atoms with Gasteiger partial charge in [-0.15, -0.1) is 0 Å². The normalized spacial score (nSPS) is 30.4. The Kier molecular flexibility index (Phi) is 9.38. The van der Waals surface area contributed by atoms with E-state index in [9.17, 15) is 0 Å². The molecule has 32 heavy (non-hydrogen) atoms. The first-order chi connectivity index (χ1) is 15.1. The van der Waals surface area contributed by atoms with Gasteiger partial charge < -0.3 is 9.47 Å². The monoisotopic (exact) mass is 447 g/mol. The van der Waals surface area contributed by atoms with Crippen LogP contribution in [-0.2, 0) is 14.3 Å². The molecule has 1 spiro atoms. The second-order valence-electron chi connectivity index (χ2n) is 10.6. The average molecular weight is 448 g/mol. The van der Waals surface area contributed by atoms with Gasteiger partial charge in [0.1, 0.15) is 6.10 Å². The minimum Gasteiger partial charge on any atom is -0.349 e. The van der Waals surface area contributed by atoms with Crippen LogP contribution in [-0.4, -0.2) is 35.1 Å². The first kappa shape index (κ1) is 27.3. The summed E-state index contributed by atoms with van der Waals surface area (Å²) < 4.78 is 13.2. The molecule has 0 saturated carbocycles. The summed E-state index contributed by atoms with van der Waals surface area (Å²) in [5.41, 5.74) is 1.01. The highest BCUT2D eigenvalue weighted by Crippen LogP contribution is 2.52. The van der Waals surface area contributed by atoms with E-state index in [0.717, 1.165) is 51.7 Å². The van der Waals surface area contributed by atoms with Crippen LogP contribution in [0.4, 0.5) is 0 Å². The molecule has 1 unspecified atom stereocenters. The zero-order valence-electron chi connectivity index (χ0n) is 22.3. The summed E-state index contributed by atoms with van der Waals surface area (Å²) >= 11 is 0. The smallest absolute Gasteiger partial charge is 0.172 e. The Bertz CT molecular complexity index is 675. The lowest BCUT2D eigenvalue weighted by atomic mass is 9.72. The van der Waals surface area contributed by atoms with E-state index in [1.165, 1.54) is 5.56 Å². The maximum absolute atomic E-state index is 6.73.